The maximum Gasteiger partial charge on any atom is 0.242 e. The Balaban J connectivity index is 1.61. The van der Waals surface area contributed by atoms with Crippen molar-refractivity contribution >= 4 is 23.2 Å². The predicted molar refractivity (Wildman–Crippen MR) is 131 cm³/mol. The monoisotopic (exact) mass is 469 g/mol. The fourth-order valence-corrected chi connectivity index (χ4v) is 5.12. The molecule has 2 aromatic heterocycles. The van der Waals surface area contributed by atoms with Crippen LogP contribution in [0.4, 0.5) is 17.3 Å². The van der Waals surface area contributed by atoms with Gasteiger partial charge in [0.15, 0.2) is 5.82 Å². The molecule has 2 aliphatic heterocycles. The molecule has 1 unspecified atom stereocenters. The number of hydrogen-bond donors (Lipinski definition) is 2. The Morgan fingerprint density at radius 1 is 1.29 bits per heavy atom. The maximum absolute atomic E-state index is 13.9. The van der Waals surface area contributed by atoms with E-state index in [1.165, 1.54) is 0 Å². The van der Waals surface area contributed by atoms with Crippen LogP contribution in [0.2, 0.25) is 0 Å². The summed E-state index contributed by atoms with van der Waals surface area (Å²) in [6, 6.07) is 10.9. The number of likely N-dealkylation sites (N-methyl/N-ethyl adjacent to an activating group) is 1. The van der Waals surface area contributed by atoms with E-state index >= 15 is 0 Å². The van der Waals surface area contributed by atoms with E-state index in [4.69, 9.17) is 15.7 Å². The number of rotatable bonds is 4. The van der Waals surface area contributed by atoms with Crippen LogP contribution < -0.4 is 16.0 Å². The van der Waals surface area contributed by atoms with Crippen molar-refractivity contribution in [3.8, 4) is 6.07 Å². The van der Waals surface area contributed by atoms with Gasteiger partial charge in [-0.05, 0) is 69.8 Å². The van der Waals surface area contributed by atoms with Crippen molar-refractivity contribution in [1.29, 1.82) is 5.26 Å². The van der Waals surface area contributed by atoms with Crippen LogP contribution in [-0.4, -0.2) is 51.1 Å². The summed E-state index contributed by atoms with van der Waals surface area (Å²) in [6.07, 6.45) is 2.26. The van der Waals surface area contributed by atoms with Gasteiger partial charge in [0.05, 0.1) is 29.9 Å². The number of nitrogen functional groups attached to an aromatic ring is 1. The second kappa shape index (κ2) is 8.60. The highest BCUT2D eigenvalue weighted by atomic mass is 16.2. The summed E-state index contributed by atoms with van der Waals surface area (Å²) in [7, 11) is 2.02. The number of nitrogens with zero attached hydrogens (tertiary/aromatic N) is 7. The topological polar surface area (TPSA) is 137 Å². The van der Waals surface area contributed by atoms with E-state index in [0.29, 0.717) is 41.7 Å². The zero-order valence-electron chi connectivity index (χ0n) is 20.0. The van der Waals surface area contributed by atoms with Crippen LogP contribution in [0.1, 0.15) is 47.6 Å². The zero-order chi connectivity index (χ0) is 24.7. The van der Waals surface area contributed by atoms with Crippen molar-refractivity contribution in [2.75, 3.05) is 36.1 Å². The van der Waals surface area contributed by atoms with Gasteiger partial charge < -0.3 is 16.0 Å². The Bertz CT molecular complexity index is 1340. The lowest BCUT2D eigenvalue weighted by atomic mass is 9.76. The fraction of sp³-hybridized carbons (Fsp3) is 0.360. The van der Waals surface area contributed by atoms with E-state index in [1.807, 2.05) is 33.0 Å². The molecule has 1 aromatic carbocycles. The van der Waals surface area contributed by atoms with Crippen LogP contribution >= 0.6 is 0 Å². The standard InChI is InChI=1S/C25H27N9O/c1-15(18-9-17(12-26)10-19(27)11-18)29-23-20-13-34(21-5-4-7-28-32-21)24(35)25(6-8-33(3)14-25)22(20)30-16(2)31-23/h4-5,7,9-11,15H,6,8,13-14,27H2,1-3H3,(H,29,30,31)/t15-,25?/m1/s1. The van der Waals surface area contributed by atoms with Gasteiger partial charge in [-0.1, -0.05) is 0 Å². The molecule has 0 bridgehead atoms. The Hall–Kier alpha value is -4.10. The number of anilines is 3. The van der Waals surface area contributed by atoms with E-state index in [9.17, 15) is 10.1 Å². The minimum absolute atomic E-state index is 0.0126. The minimum Gasteiger partial charge on any atom is -0.399 e. The van der Waals surface area contributed by atoms with E-state index in [2.05, 4.69) is 26.5 Å². The maximum atomic E-state index is 13.9. The molecule has 2 aliphatic rings. The van der Waals surface area contributed by atoms with Gasteiger partial charge in [0.25, 0.3) is 0 Å². The van der Waals surface area contributed by atoms with Gasteiger partial charge in [-0.15, -0.1) is 5.10 Å². The van der Waals surface area contributed by atoms with E-state index < -0.39 is 5.41 Å². The predicted octanol–water partition coefficient (Wildman–Crippen LogP) is 2.32. The number of nitriles is 1. The van der Waals surface area contributed by atoms with Crippen LogP contribution in [0.5, 0.6) is 0 Å². The van der Waals surface area contributed by atoms with E-state index in [0.717, 1.165) is 23.4 Å². The van der Waals surface area contributed by atoms with Crippen molar-refractivity contribution in [1.82, 2.24) is 25.1 Å². The molecule has 3 aromatic rings. The Morgan fingerprint density at radius 2 is 2.11 bits per heavy atom. The van der Waals surface area contributed by atoms with Gasteiger partial charge in [-0.2, -0.15) is 10.4 Å². The molecule has 4 heterocycles. The first-order valence-electron chi connectivity index (χ1n) is 11.5. The van der Waals surface area contributed by atoms with Gasteiger partial charge >= 0.3 is 0 Å². The lowest BCUT2D eigenvalue weighted by Gasteiger charge is -2.40. The van der Waals surface area contributed by atoms with Gasteiger partial charge in [-0.3, -0.25) is 9.69 Å². The Morgan fingerprint density at radius 3 is 2.80 bits per heavy atom. The molecule has 1 spiro atoms. The zero-order valence-corrected chi connectivity index (χ0v) is 20.0. The van der Waals surface area contributed by atoms with Gasteiger partial charge in [0.2, 0.25) is 5.91 Å². The smallest absolute Gasteiger partial charge is 0.242 e. The van der Waals surface area contributed by atoms with E-state index in [-0.39, 0.29) is 18.5 Å². The largest absolute Gasteiger partial charge is 0.399 e. The molecule has 10 nitrogen and oxygen atoms in total. The van der Waals surface area contributed by atoms with Crippen LogP contribution in [0.3, 0.4) is 0 Å². The number of aromatic nitrogens is 4. The third-order valence-electron chi connectivity index (χ3n) is 6.80. The molecule has 1 amide bonds. The number of fused-ring (bicyclic) bond motifs is 2. The summed E-state index contributed by atoms with van der Waals surface area (Å²) in [5, 5.41) is 21.1. The molecule has 1 saturated heterocycles. The van der Waals surface area contributed by atoms with Crippen LogP contribution in [0, 0.1) is 18.3 Å². The molecular weight excluding hydrogens is 442 g/mol. The number of carbonyl (C=O) groups is 1. The molecule has 0 radical (unpaired) electrons. The molecule has 2 atom stereocenters. The van der Waals surface area contributed by atoms with Crippen molar-refractivity contribution < 1.29 is 4.79 Å². The first-order chi connectivity index (χ1) is 16.8. The van der Waals surface area contributed by atoms with Crippen molar-refractivity contribution in [2.45, 2.75) is 38.3 Å². The number of likely N-dealkylation sites (tertiary alicyclic amines) is 1. The van der Waals surface area contributed by atoms with Crippen LogP contribution in [0.15, 0.2) is 36.5 Å². The lowest BCUT2D eigenvalue weighted by Crippen LogP contribution is -2.53. The molecule has 0 aliphatic carbocycles. The summed E-state index contributed by atoms with van der Waals surface area (Å²) in [6.45, 7) is 5.49. The fourth-order valence-electron chi connectivity index (χ4n) is 5.12. The highest BCUT2D eigenvalue weighted by Gasteiger charge is 2.53. The van der Waals surface area contributed by atoms with Crippen LogP contribution in [0.25, 0.3) is 0 Å². The Labute approximate surface area is 203 Å². The molecule has 35 heavy (non-hydrogen) atoms. The molecule has 5 rings (SSSR count). The average molecular weight is 470 g/mol. The lowest BCUT2D eigenvalue weighted by molar-refractivity contribution is -0.124. The second-order valence-electron chi connectivity index (χ2n) is 9.36. The molecule has 178 valence electrons. The number of benzene rings is 1. The summed E-state index contributed by atoms with van der Waals surface area (Å²) in [5.41, 5.74) is 8.80. The summed E-state index contributed by atoms with van der Waals surface area (Å²) in [5.74, 6) is 1.75. The third kappa shape index (κ3) is 3.94. The number of carbonyl (C=O) groups excluding carboxylic acids is 1. The first kappa shape index (κ1) is 22.7. The summed E-state index contributed by atoms with van der Waals surface area (Å²) < 4.78 is 0. The number of nitrogens with one attached hydrogen (secondary N) is 1. The van der Waals surface area contributed by atoms with Crippen molar-refractivity contribution in [2.24, 2.45) is 0 Å². The number of nitrogens with two attached hydrogens (primary N) is 1. The molecule has 3 N–H and O–H groups in total. The van der Waals surface area contributed by atoms with Crippen molar-refractivity contribution in [3.05, 3.63) is 64.7 Å². The second-order valence-corrected chi connectivity index (χ2v) is 9.36. The Kier molecular flexibility index (Phi) is 5.57. The quantitative estimate of drug-likeness (QED) is 0.551. The minimum atomic E-state index is -0.779. The molecule has 1 fully saturated rings. The molecular formula is C25H27N9O. The summed E-state index contributed by atoms with van der Waals surface area (Å²) >= 11 is 0. The molecule has 0 saturated carbocycles. The third-order valence-corrected chi connectivity index (χ3v) is 6.80. The van der Waals surface area contributed by atoms with Gasteiger partial charge in [-0.25, -0.2) is 9.97 Å². The van der Waals surface area contributed by atoms with E-state index in [1.54, 1.807) is 29.3 Å². The highest BCUT2D eigenvalue weighted by molar-refractivity contribution is 6.03. The first-order valence-corrected chi connectivity index (χ1v) is 11.5. The number of amides is 1. The SMILES string of the molecule is Cc1nc(N[C@H](C)c2cc(N)cc(C#N)c2)c2c(n1)C1(CCN(C)C1)C(=O)N(c1cccnn1)C2. The number of hydrogen-bond acceptors (Lipinski definition) is 9. The summed E-state index contributed by atoms with van der Waals surface area (Å²) in [4.78, 5) is 27.3. The van der Waals surface area contributed by atoms with Crippen LogP contribution in [-0.2, 0) is 16.8 Å². The molecule has 10 heteroatoms. The normalized spacial score (nSPS) is 20.5. The number of aryl methyl sites for hydroxylation is 1. The van der Waals surface area contributed by atoms with Gasteiger partial charge in [0, 0.05) is 24.0 Å². The van der Waals surface area contributed by atoms with Crippen molar-refractivity contribution in [3.63, 3.8) is 0 Å². The van der Waals surface area contributed by atoms with Gasteiger partial charge in [0.1, 0.15) is 17.1 Å². The highest BCUT2D eigenvalue weighted by Crippen LogP contribution is 2.43. The average Bonchev–Trinajstić information content (AvgIpc) is 3.24.